The Bertz CT molecular complexity index is 744. The molecule has 1 aromatic heterocycles. The van der Waals surface area contributed by atoms with Crippen molar-refractivity contribution >= 4 is 28.8 Å². The molecule has 5 heteroatoms. The van der Waals surface area contributed by atoms with Crippen molar-refractivity contribution < 1.29 is 14.3 Å². The molecular formula is C19H21NO3S. The summed E-state index contributed by atoms with van der Waals surface area (Å²) in [5.74, 6) is 0.125. The number of nitrogens with two attached hydrogens (primary N) is 1. The van der Waals surface area contributed by atoms with E-state index in [4.69, 9.17) is 5.73 Å². The van der Waals surface area contributed by atoms with Gasteiger partial charge in [0, 0.05) is 22.4 Å². The average Bonchev–Trinajstić information content (AvgIpc) is 3.37. The molecule has 3 rings (SSSR count). The first-order chi connectivity index (χ1) is 11.6. The third kappa shape index (κ3) is 3.85. The van der Waals surface area contributed by atoms with Gasteiger partial charge in [0.05, 0.1) is 7.11 Å². The molecule has 1 aromatic carbocycles. The summed E-state index contributed by atoms with van der Waals surface area (Å²) in [6.45, 7) is 0. The van der Waals surface area contributed by atoms with Crippen LogP contribution in [0.3, 0.4) is 0 Å². The second-order valence-electron chi connectivity index (χ2n) is 6.19. The Hall–Kier alpha value is -2.14. The van der Waals surface area contributed by atoms with E-state index in [1.807, 2.05) is 5.38 Å². The number of thiophene rings is 1. The van der Waals surface area contributed by atoms with Crippen LogP contribution in [0, 0.1) is 0 Å². The zero-order valence-corrected chi connectivity index (χ0v) is 14.5. The van der Waals surface area contributed by atoms with Gasteiger partial charge in [0.1, 0.15) is 12.2 Å². The molecular weight excluding hydrogens is 322 g/mol. The van der Waals surface area contributed by atoms with Crippen LogP contribution in [0.15, 0.2) is 29.6 Å². The zero-order chi connectivity index (χ0) is 17.1. The highest BCUT2D eigenvalue weighted by molar-refractivity contribution is 7.14. The van der Waals surface area contributed by atoms with Crippen molar-refractivity contribution in [3.63, 3.8) is 0 Å². The number of hydrogen-bond acceptors (Lipinski definition) is 5. The van der Waals surface area contributed by atoms with Gasteiger partial charge in [-0.2, -0.15) is 0 Å². The lowest BCUT2D eigenvalue weighted by atomic mass is 10.0. The average molecular weight is 343 g/mol. The van der Waals surface area contributed by atoms with Gasteiger partial charge >= 0.3 is 5.97 Å². The molecule has 1 fully saturated rings. The van der Waals surface area contributed by atoms with Crippen molar-refractivity contribution in [2.24, 2.45) is 0 Å². The molecule has 126 valence electrons. The number of hydrogen-bond donors (Lipinski definition) is 1. The number of carbonyl (C=O) groups is 2. The summed E-state index contributed by atoms with van der Waals surface area (Å²) in [5, 5.41) is 1.92. The summed E-state index contributed by atoms with van der Waals surface area (Å²) >= 11 is 1.60. The summed E-state index contributed by atoms with van der Waals surface area (Å²) in [6.07, 6.45) is 3.25. The molecule has 1 aliphatic rings. The fourth-order valence-corrected chi connectivity index (χ4v) is 3.83. The number of rotatable bonds is 7. The highest BCUT2D eigenvalue weighted by Crippen LogP contribution is 2.41. The Morgan fingerprint density at radius 1 is 1.25 bits per heavy atom. The lowest BCUT2D eigenvalue weighted by molar-refractivity contribution is -0.143. The molecule has 2 N–H and O–H groups in total. The molecule has 4 nitrogen and oxygen atoms in total. The summed E-state index contributed by atoms with van der Waals surface area (Å²) in [5.41, 5.74) is 10.3. The smallest absolute Gasteiger partial charge is 0.313 e. The highest BCUT2D eigenvalue weighted by atomic mass is 32.1. The fraction of sp³-hybridized carbons (Fsp3) is 0.368. The predicted molar refractivity (Wildman–Crippen MR) is 96.1 cm³/mol. The SMILES string of the molecule is COC(=O)CC(=O)CCc1c(N)csc1-c1ccc(C2CC2)cc1. The van der Waals surface area contributed by atoms with Crippen LogP contribution in [-0.2, 0) is 20.7 Å². The third-order valence-corrected chi connectivity index (χ3v) is 5.46. The van der Waals surface area contributed by atoms with Crippen LogP contribution in [-0.4, -0.2) is 18.9 Å². The molecule has 1 heterocycles. The van der Waals surface area contributed by atoms with Gasteiger partial charge in [-0.05, 0) is 41.9 Å². The Morgan fingerprint density at radius 3 is 2.58 bits per heavy atom. The van der Waals surface area contributed by atoms with Crippen molar-refractivity contribution in [1.29, 1.82) is 0 Å². The molecule has 0 bridgehead atoms. The molecule has 2 aromatic rings. The first kappa shape index (κ1) is 16.7. The lowest BCUT2D eigenvalue weighted by Gasteiger charge is -2.07. The van der Waals surface area contributed by atoms with Gasteiger partial charge in [-0.3, -0.25) is 9.59 Å². The highest BCUT2D eigenvalue weighted by Gasteiger charge is 2.23. The second-order valence-corrected chi connectivity index (χ2v) is 7.07. The van der Waals surface area contributed by atoms with E-state index in [0.717, 1.165) is 21.9 Å². The van der Waals surface area contributed by atoms with Gasteiger partial charge in [0.2, 0.25) is 0 Å². The quantitative estimate of drug-likeness (QED) is 0.611. The van der Waals surface area contributed by atoms with Gasteiger partial charge in [0.25, 0.3) is 0 Å². The van der Waals surface area contributed by atoms with Crippen LogP contribution in [0.2, 0.25) is 0 Å². The number of ketones is 1. The second kappa shape index (κ2) is 7.18. The molecule has 0 amide bonds. The fourth-order valence-electron chi connectivity index (χ4n) is 2.81. The number of anilines is 1. The molecule has 0 atom stereocenters. The maximum atomic E-state index is 11.9. The van der Waals surface area contributed by atoms with Gasteiger partial charge in [-0.1, -0.05) is 24.3 Å². The molecule has 1 saturated carbocycles. The van der Waals surface area contributed by atoms with Gasteiger partial charge in [-0.15, -0.1) is 11.3 Å². The van der Waals surface area contributed by atoms with Crippen molar-refractivity contribution in [3.8, 4) is 10.4 Å². The zero-order valence-electron chi connectivity index (χ0n) is 13.7. The summed E-state index contributed by atoms with van der Waals surface area (Å²) in [7, 11) is 1.29. The van der Waals surface area contributed by atoms with Gasteiger partial charge in [0.15, 0.2) is 0 Å². The number of Topliss-reactive ketones (excluding diaryl/α,β-unsaturated/α-hetero) is 1. The third-order valence-electron chi connectivity index (χ3n) is 4.37. The molecule has 0 saturated heterocycles. The normalized spacial score (nSPS) is 13.7. The lowest BCUT2D eigenvalue weighted by Crippen LogP contribution is -2.10. The Kier molecular flexibility index (Phi) is 5.00. The van der Waals surface area contributed by atoms with Crippen LogP contribution in [0.5, 0.6) is 0 Å². The molecule has 24 heavy (non-hydrogen) atoms. The van der Waals surface area contributed by atoms with E-state index in [2.05, 4.69) is 29.0 Å². The summed E-state index contributed by atoms with van der Waals surface area (Å²) in [6, 6.07) is 8.65. The minimum absolute atomic E-state index is 0.123. The number of ether oxygens (including phenoxy) is 1. The van der Waals surface area contributed by atoms with E-state index < -0.39 is 5.97 Å². The first-order valence-electron chi connectivity index (χ1n) is 8.13. The van der Waals surface area contributed by atoms with Crippen molar-refractivity contribution in [1.82, 2.24) is 0 Å². The Morgan fingerprint density at radius 2 is 1.96 bits per heavy atom. The van der Waals surface area contributed by atoms with E-state index in [0.29, 0.717) is 18.5 Å². The van der Waals surface area contributed by atoms with Crippen LogP contribution in [0.25, 0.3) is 10.4 Å². The number of carbonyl (C=O) groups excluding carboxylic acids is 2. The van der Waals surface area contributed by atoms with Crippen LogP contribution in [0.4, 0.5) is 5.69 Å². The van der Waals surface area contributed by atoms with Crippen molar-refractivity contribution in [2.75, 3.05) is 12.8 Å². The van der Waals surface area contributed by atoms with Gasteiger partial charge < -0.3 is 10.5 Å². The molecule has 0 aliphatic heterocycles. The summed E-state index contributed by atoms with van der Waals surface area (Å²) < 4.78 is 4.53. The van der Waals surface area contributed by atoms with Crippen LogP contribution in [0.1, 0.15) is 42.7 Å². The van der Waals surface area contributed by atoms with E-state index in [-0.39, 0.29) is 12.2 Å². The number of benzene rings is 1. The van der Waals surface area contributed by atoms with Crippen LogP contribution < -0.4 is 5.73 Å². The van der Waals surface area contributed by atoms with E-state index in [1.165, 1.54) is 25.5 Å². The molecule has 0 spiro atoms. The topological polar surface area (TPSA) is 69.4 Å². The summed E-state index contributed by atoms with van der Waals surface area (Å²) in [4.78, 5) is 24.1. The monoisotopic (exact) mass is 343 g/mol. The minimum Gasteiger partial charge on any atom is -0.469 e. The molecule has 1 aliphatic carbocycles. The van der Waals surface area contributed by atoms with Gasteiger partial charge in [-0.25, -0.2) is 0 Å². The van der Waals surface area contributed by atoms with Crippen molar-refractivity contribution in [3.05, 3.63) is 40.8 Å². The first-order valence-corrected chi connectivity index (χ1v) is 9.01. The van der Waals surface area contributed by atoms with Crippen LogP contribution >= 0.6 is 11.3 Å². The maximum Gasteiger partial charge on any atom is 0.313 e. The maximum absolute atomic E-state index is 11.9. The number of esters is 1. The predicted octanol–water partition coefficient (Wildman–Crippen LogP) is 3.94. The Balaban J connectivity index is 1.71. The number of methoxy groups -OCH3 is 1. The minimum atomic E-state index is -0.492. The Labute approximate surface area is 145 Å². The van der Waals surface area contributed by atoms with Crippen molar-refractivity contribution in [2.45, 2.75) is 38.0 Å². The van der Waals surface area contributed by atoms with E-state index in [1.54, 1.807) is 11.3 Å². The van der Waals surface area contributed by atoms with E-state index in [9.17, 15) is 9.59 Å². The molecule has 0 unspecified atom stereocenters. The largest absolute Gasteiger partial charge is 0.469 e. The number of nitrogen functional groups attached to an aromatic ring is 1. The van der Waals surface area contributed by atoms with E-state index >= 15 is 0 Å². The standard InChI is InChI=1S/C19H21NO3S/c1-23-18(22)10-15(21)8-9-16-17(20)11-24-19(16)14-6-4-13(5-7-14)12-2-3-12/h4-7,11-12H,2-3,8-10,20H2,1H3. The molecule has 0 radical (unpaired) electrons.